The number of hydrogen-bond acceptors (Lipinski definition) is 5. The van der Waals surface area contributed by atoms with Crippen LogP contribution in [0.2, 0.25) is 0 Å². The van der Waals surface area contributed by atoms with Crippen molar-refractivity contribution in [3.63, 3.8) is 0 Å². The number of carbonyl (C=O) groups is 2. The minimum atomic E-state index is -0.782. The van der Waals surface area contributed by atoms with E-state index in [2.05, 4.69) is 5.73 Å². The van der Waals surface area contributed by atoms with Gasteiger partial charge in [-0.3, -0.25) is 14.5 Å². The molecule has 21 heavy (non-hydrogen) atoms. The molecule has 0 aliphatic carbocycles. The Kier molecular flexibility index (Phi) is 11.7. The number of aliphatic hydroxyl groups is 1. The van der Waals surface area contributed by atoms with Crippen molar-refractivity contribution >= 4 is 11.9 Å². The number of amides is 1. The zero-order valence-corrected chi connectivity index (χ0v) is 13.2. The summed E-state index contributed by atoms with van der Waals surface area (Å²) in [6, 6.07) is -0.442. The van der Waals surface area contributed by atoms with Gasteiger partial charge in [0.15, 0.2) is 0 Å². The van der Waals surface area contributed by atoms with Crippen molar-refractivity contribution in [3.8, 4) is 0 Å². The first-order chi connectivity index (χ1) is 9.31. The largest absolute Gasteiger partial charge is 0.480 e. The van der Waals surface area contributed by atoms with E-state index in [0.29, 0.717) is 25.3 Å². The SMILES string of the molecule is CC(N)=O.CC=C[C@@H]1C[C@H](C(=O)O)N(CC(O)CC)C1.N. The molecule has 1 saturated heterocycles. The van der Waals surface area contributed by atoms with Gasteiger partial charge in [0.25, 0.3) is 0 Å². The summed E-state index contributed by atoms with van der Waals surface area (Å²) in [5, 5.41) is 18.7. The van der Waals surface area contributed by atoms with E-state index in [-0.39, 0.29) is 12.1 Å². The maximum atomic E-state index is 11.1. The van der Waals surface area contributed by atoms with Crippen LogP contribution in [0.1, 0.15) is 33.6 Å². The summed E-state index contributed by atoms with van der Waals surface area (Å²) in [5.74, 6) is -0.814. The monoisotopic (exact) mass is 303 g/mol. The molecule has 0 aromatic carbocycles. The quantitative estimate of drug-likeness (QED) is 0.553. The standard InChI is InChI=1S/C12H21NO3.C2H5NO.H3N/c1-3-5-9-6-11(12(15)16)13(7-9)8-10(14)4-2;1-2(3)4;/h3,5,9-11,14H,4,6-8H2,1-2H3,(H,15,16);1H3,(H2,3,4);1H3/t9-,10?,11-;;/m1../s1. The molecule has 0 bridgehead atoms. The average Bonchev–Trinajstić information content (AvgIpc) is 2.71. The Labute approximate surface area is 126 Å². The van der Waals surface area contributed by atoms with Crippen LogP contribution in [-0.2, 0) is 9.59 Å². The number of likely N-dealkylation sites (tertiary alicyclic amines) is 1. The highest BCUT2D eigenvalue weighted by atomic mass is 16.4. The molecule has 1 aliphatic heterocycles. The predicted molar refractivity (Wildman–Crippen MR) is 82.1 cm³/mol. The normalized spacial score (nSPS) is 23.0. The third-order valence-corrected chi connectivity index (χ3v) is 3.10. The molecule has 124 valence electrons. The van der Waals surface area contributed by atoms with Crippen LogP contribution in [0.15, 0.2) is 12.2 Å². The molecule has 0 aromatic rings. The maximum Gasteiger partial charge on any atom is 0.320 e. The van der Waals surface area contributed by atoms with Crippen LogP contribution < -0.4 is 11.9 Å². The van der Waals surface area contributed by atoms with Crippen LogP contribution >= 0.6 is 0 Å². The van der Waals surface area contributed by atoms with Gasteiger partial charge in [0.05, 0.1) is 6.10 Å². The van der Waals surface area contributed by atoms with Gasteiger partial charge in [0, 0.05) is 20.0 Å². The first kappa shape index (κ1) is 21.9. The minimum Gasteiger partial charge on any atom is -0.480 e. The molecule has 1 heterocycles. The number of β-amino-alcohol motifs (C(OH)–C–C–N with tert-alkyl or cyclic N) is 1. The lowest BCUT2D eigenvalue weighted by Gasteiger charge is -2.23. The highest BCUT2D eigenvalue weighted by molar-refractivity contribution is 5.74. The minimum absolute atomic E-state index is 0. The van der Waals surface area contributed by atoms with Gasteiger partial charge in [-0.2, -0.15) is 0 Å². The number of primary amides is 1. The fraction of sp³-hybridized carbons (Fsp3) is 0.714. The van der Waals surface area contributed by atoms with Crippen LogP contribution in [0, 0.1) is 5.92 Å². The molecule has 1 fully saturated rings. The summed E-state index contributed by atoms with van der Waals surface area (Å²) in [7, 11) is 0. The van der Waals surface area contributed by atoms with Gasteiger partial charge >= 0.3 is 5.97 Å². The van der Waals surface area contributed by atoms with Crippen molar-refractivity contribution in [2.45, 2.75) is 45.8 Å². The fourth-order valence-electron chi connectivity index (χ4n) is 2.21. The third-order valence-electron chi connectivity index (χ3n) is 3.10. The van der Waals surface area contributed by atoms with E-state index in [4.69, 9.17) is 5.11 Å². The molecule has 1 amide bonds. The van der Waals surface area contributed by atoms with E-state index in [1.54, 1.807) is 0 Å². The van der Waals surface area contributed by atoms with E-state index in [1.807, 2.05) is 30.9 Å². The maximum absolute atomic E-state index is 11.1. The Balaban J connectivity index is 0. The molecule has 7 N–H and O–H groups in total. The summed E-state index contributed by atoms with van der Waals surface area (Å²) < 4.78 is 0. The molecular weight excluding hydrogens is 274 g/mol. The first-order valence-corrected chi connectivity index (χ1v) is 6.85. The predicted octanol–water partition coefficient (Wildman–Crippen LogP) is 0.762. The van der Waals surface area contributed by atoms with Crippen LogP contribution in [0.3, 0.4) is 0 Å². The number of nitrogens with zero attached hydrogens (tertiary/aromatic N) is 1. The van der Waals surface area contributed by atoms with Crippen molar-refractivity contribution in [1.29, 1.82) is 0 Å². The van der Waals surface area contributed by atoms with Gasteiger partial charge in [0.1, 0.15) is 6.04 Å². The summed E-state index contributed by atoms with van der Waals surface area (Å²) in [6.45, 7) is 6.35. The number of aliphatic hydroxyl groups excluding tert-OH is 1. The summed E-state index contributed by atoms with van der Waals surface area (Å²) in [6.07, 6.45) is 4.90. The van der Waals surface area contributed by atoms with Crippen molar-refractivity contribution in [3.05, 3.63) is 12.2 Å². The molecule has 0 spiro atoms. The van der Waals surface area contributed by atoms with Crippen LogP contribution in [-0.4, -0.2) is 52.2 Å². The van der Waals surface area contributed by atoms with Gasteiger partial charge in [-0.25, -0.2) is 0 Å². The van der Waals surface area contributed by atoms with Crippen LogP contribution in [0.4, 0.5) is 0 Å². The van der Waals surface area contributed by atoms with Crippen molar-refractivity contribution < 1.29 is 19.8 Å². The lowest BCUT2D eigenvalue weighted by Crippen LogP contribution is -2.40. The van der Waals surface area contributed by atoms with E-state index in [1.165, 1.54) is 6.92 Å². The molecular formula is C14H29N3O4. The van der Waals surface area contributed by atoms with Crippen LogP contribution in [0.5, 0.6) is 0 Å². The zero-order valence-electron chi connectivity index (χ0n) is 13.2. The van der Waals surface area contributed by atoms with Crippen LogP contribution in [0.25, 0.3) is 0 Å². The second-order valence-corrected chi connectivity index (χ2v) is 5.00. The van der Waals surface area contributed by atoms with Gasteiger partial charge in [0.2, 0.25) is 5.91 Å². The first-order valence-electron chi connectivity index (χ1n) is 6.85. The van der Waals surface area contributed by atoms with E-state index >= 15 is 0 Å². The zero-order chi connectivity index (χ0) is 15.7. The molecule has 7 nitrogen and oxygen atoms in total. The molecule has 0 radical (unpaired) electrons. The molecule has 1 unspecified atom stereocenters. The van der Waals surface area contributed by atoms with E-state index in [9.17, 15) is 14.7 Å². The molecule has 1 aliphatic rings. The van der Waals surface area contributed by atoms with E-state index in [0.717, 1.165) is 6.54 Å². The highest BCUT2D eigenvalue weighted by Gasteiger charge is 2.36. The molecule has 7 heteroatoms. The fourth-order valence-corrected chi connectivity index (χ4v) is 2.21. The number of aliphatic carboxylic acids is 1. The Morgan fingerprint density at radius 3 is 2.38 bits per heavy atom. The molecule has 3 atom stereocenters. The van der Waals surface area contributed by atoms with Crippen molar-refractivity contribution in [2.24, 2.45) is 11.7 Å². The lowest BCUT2D eigenvalue weighted by atomic mass is 10.1. The molecule has 0 aromatic heterocycles. The van der Waals surface area contributed by atoms with Crippen molar-refractivity contribution in [1.82, 2.24) is 11.1 Å². The van der Waals surface area contributed by atoms with Gasteiger partial charge in [-0.15, -0.1) is 0 Å². The van der Waals surface area contributed by atoms with Gasteiger partial charge < -0.3 is 22.1 Å². The second-order valence-electron chi connectivity index (χ2n) is 5.00. The Bertz CT molecular complexity index is 343. The Hall–Kier alpha value is -1.44. The summed E-state index contributed by atoms with van der Waals surface area (Å²) >= 11 is 0. The Morgan fingerprint density at radius 1 is 1.48 bits per heavy atom. The number of carboxylic acid groups (broad SMARTS) is 1. The van der Waals surface area contributed by atoms with E-state index < -0.39 is 18.1 Å². The highest BCUT2D eigenvalue weighted by Crippen LogP contribution is 2.24. The number of carboxylic acids is 1. The summed E-state index contributed by atoms with van der Waals surface area (Å²) in [5.41, 5.74) is 4.47. The second kappa shape index (κ2) is 11.2. The summed E-state index contributed by atoms with van der Waals surface area (Å²) in [4.78, 5) is 22.2. The molecule has 1 rings (SSSR count). The topological polar surface area (TPSA) is 139 Å². The number of nitrogens with two attached hydrogens (primary N) is 1. The number of allylic oxidation sites excluding steroid dienone is 1. The van der Waals surface area contributed by atoms with Crippen molar-refractivity contribution in [2.75, 3.05) is 13.1 Å². The Morgan fingerprint density at radius 2 is 2.00 bits per heavy atom. The smallest absolute Gasteiger partial charge is 0.320 e. The van der Waals surface area contributed by atoms with Gasteiger partial charge in [-0.05, 0) is 25.7 Å². The number of rotatable bonds is 5. The molecule has 0 saturated carbocycles. The number of carbonyl (C=O) groups excluding carboxylic acids is 1. The third kappa shape index (κ3) is 9.17. The number of hydrogen-bond donors (Lipinski definition) is 4. The average molecular weight is 303 g/mol. The van der Waals surface area contributed by atoms with Gasteiger partial charge in [-0.1, -0.05) is 19.1 Å². The lowest BCUT2D eigenvalue weighted by molar-refractivity contribution is -0.142.